The number of fused-ring (bicyclic) bond motifs is 3. The van der Waals surface area contributed by atoms with Gasteiger partial charge in [-0.15, -0.1) is 5.10 Å². The second kappa shape index (κ2) is 6.79. The molecule has 0 spiro atoms. The van der Waals surface area contributed by atoms with Crippen LogP contribution >= 0.6 is 0 Å². The van der Waals surface area contributed by atoms with E-state index in [0.29, 0.717) is 24.0 Å². The smallest absolute Gasteiger partial charge is 0.245 e. The number of aliphatic hydroxyl groups excluding tert-OH is 1. The van der Waals surface area contributed by atoms with Crippen LogP contribution in [0.3, 0.4) is 0 Å². The fourth-order valence-electron chi connectivity index (χ4n) is 4.54. The number of pyridine rings is 1. The molecule has 2 aliphatic heterocycles. The van der Waals surface area contributed by atoms with Gasteiger partial charge in [0.2, 0.25) is 5.95 Å². The van der Waals surface area contributed by atoms with E-state index >= 15 is 0 Å². The van der Waals surface area contributed by atoms with E-state index in [1.54, 1.807) is 0 Å². The van der Waals surface area contributed by atoms with Crippen molar-refractivity contribution < 1.29 is 9.84 Å². The van der Waals surface area contributed by atoms with Gasteiger partial charge in [-0.3, -0.25) is 4.90 Å². The summed E-state index contributed by atoms with van der Waals surface area (Å²) in [6.45, 7) is 2.90. The van der Waals surface area contributed by atoms with Crippen LogP contribution in [0.25, 0.3) is 16.9 Å². The van der Waals surface area contributed by atoms with Crippen LogP contribution in [-0.4, -0.2) is 56.1 Å². The fraction of sp³-hybridized carbons (Fsp3) is 0.455. The number of ether oxygens (including phenoxy) is 1. The largest absolute Gasteiger partial charge is 0.375 e. The zero-order chi connectivity index (χ0) is 19.4. The molecule has 3 atom stereocenters. The number of hydrogen-bond acceptors (Lipinski definition) is 6. The van der Waals surface area contributed by atoms with Gasteiger partial charge in [0, 0.05) is 30.6 Å². The van der Waals surface area contributed by atoms with Crippen LogP contribution in [0, 0.1) is 5.92 Å². The zero-order valence-electron chi connectivity index (χ0n) is 16.2. The third-order valence-corrected chi connectivity index (χ3v) is 6.35. The average Bonchev–Trinajstić information content (AvgIpc) is 3.18. The van der Waals surface area contributed by atoms with Gasteiger partial charge < -0.3 is 15.2 Å². The molecule has 1 saturated carbocycles. The topological polar surface area (TPSA) is 74.9 Å². The van der Waals surface area contributed by atoms with Crippen LogP contribution < -0.4 is 5.32 Å². The standard InChI is InChI=1S/C22H25N5O2/c28-21(16-8-9-16)24-22-23-20-3-1-2-19(27(20)25-22)15-6-4-14(5-7-15)11-26-12-18-10-17(26)13-29-18/h1-7,16-18,21,28H,8-13H2,(H,24,25). The monoisotopic (exact) mass is 391 g/mol. The lowest BCUT2D eigenvalue weighted by Crippen LogP contribution is -2.36. The molecule has 150 valence electrons. The Hall–Kier alpha value is -2.48. The second-order valence-electron chi connectivity index (χ2n) is 8.51. The first-order chi connectivity index (χ1) is 14.2. The van der Waals surface area contributed by atoms with E-state index in [2.05, 4.69) is 50.6 Å². The lowest BCUT2D eigenvalue weighted by Gasteiger charge is -2.26. The maximum Gasteiger partial charge on any atom is 0.245 e. The van der Waals surface area contributed by atoms with Crippen molar-refractivity contribution in [2.24, 2.45) is 5.92 Å². The van der Waals surface area contributed by atoms with Gasteiger partial charge in [0.05, 0.1) is 18.4 Å². The highest BCUT2D eigenvalue weighted by Gasteiger charge is 2.38. The van der Waals surface area contributed by atoms with Gasteiger partial charge in [-0.25, -0.2) is 4.52 Å². The number of likely N-dealkylation sites (tertiary alicyclic amines) is 1. The molecule has 3 unspecified atom stereocenters. The predicted molar refractivity (Wildman–Crippen MR) is 109 cm³/mol. The van der Waals surface area contributed by atoms with Crippen LogP contribution in [0.15, 0.2) is 42.5 Å². The number of hydrogen-bond donors (Lipinski definition) is 2. The normalized spacial score (nSPS) is 25.0. The Morgan fingerprint density at radius 2 is 2.03 bits per heavy atom. The lowest BCUT2D eigenvalue weighted by atomic mass is 10.1. The van der Waals surface area contributed by atoms with E-state index in [4.69, 9.17) is 4.74 Å². The molecule has 2 aromatic heterocycles. The Balaban J connectivity index is 1.23. The number of morpholine rings is 1. The molecule has 2 bridgehead atoms. The summed E-state index contributed by atoms with van der Waals surface area (Å²) in [6.07, 6.45) is 3.17. The Morgan fingerprint density at radius 3 is 2.76 bits per heavy atom. The van der Waals surface area contributed by atoms with Crippen LogP contribution in [-0.2, 0) is 11.3 Å². The number of benzene rings is 1. The molecule has 1 aliphatic carbocycles. The summed E-state index contributed by atoms with van der Waals surface area (Å²) in [5, 5.41) is 17.7. The van der Waals surface area contributed by atoms with Crippen LogP contribution in [0.5, 0.6) is 0 Å². The quantitative estimate of drug-likeness (QED) is 0.629. The summed E-state index contributed by atoms with van der Waals surface area (Å²) < 4.78 is 7.54. The SMILES string of the molecule is OC(Nc1nc2cccc(-c3ccc(CN4CC5CC4CO5)cc3)n2n1)C1CC1. The van der Waals surface area contributed by atoms with Crippen molar-refractivity contribution in [3.63, 3.8) is 0 Å². The summed E-state index contributed by atoms with van der Waals surface area (Å²) in [7, 11) is 0. The van der Waals surface area contributed by atoms with E-state index in [-0.39, 0.29) is 0 Å². The number of aromatic nitrogens is 3. The van der Waals surface area contributed by atoms with Crippen molar-refractivity contribution in [2.45, 2.75) is 44.2 Å². The molecule has 4 heterocycles. The molecule has 29 heavy (non-hydrogen) atoms. The Labute approximate surface area is 169 Å². The molecule has 0 amide bonds. The predicted octanol–water partition coefficient (Wildman–Crippen LogP) is 2.51. The highest BCUT2D eigenvalue weighted by atomic mass is 16.5. The number of nitrogens with zero attached hydrogens (tertiary/aromatic N) is 4. The van der Waals surface area contributed by atoms with Gasteiger partial charge in [0.25, 0.3) is 0 Å². The molecule has 6 rings (SSSR count). The Morgan fingerprint density at radius 1 is 1.17 bits per heavy atom. The van der Waals surface area contributed by atoms with E-state index in [9.17, 15) is 5.11 Å². The van der Waals surface area contributed by atoms with Crippen molar-refractivity contribution in [3.8, 4) is 11.3 Å². The van der Waals surface area contributed by atoms with Gasteiger partial charge >= 0.3 is 0 Å². The second-order valence-corrected chi connectivity index (χ2v) is 8.51. The van der Waals surface area contributed by atoms with Crippen molar-refractivity contribution in [2.75, 3.05) is 18.5 Å². The maximum atomic E-state index is 10.1. The lowest BCUT2D eigenvalue weighted by molar-refractivity contribution is 0.0273. The van der Waals surface area contributed by atoms with E-state index in [0.717, 1.165) is 49.4 Å². The molecule has 3 fully saturated rings. The highest BCUT2D eigenvalue weighted by Crippen LogP contribution is 2.33. The third kappa shape index (κ3) is 3.29. The maximum absolute atomic E-state index is 10.1. The van der Waals surface area contributed by atoms with E-state index < -0.39 is 6.23 Å². The summed E-state index contributed by atoms with van der Waals surface area (Å²) >= 11 is 0. The van der Waals surface area contributed by atoms with Gasteiger partial charge in [-0.05, 0) is 37.0 Å². The van der Waals surface area contributed by atoms with Crippen molar-refractivity contribution in [1.29, 1.82) is 0 Å². The summed E-state index contributed by atoms with van der Waals surface area (Å²) in [5.74, 6) is 0.797. The van der Waals surface area contributed by atoms with Gasteiger partial charge in [-0.1, -0.05) is 30.3 Å². The molecule has 2 saturated heterocycles. The molecule has 7 heteroatoms. The minimum Gasteiger partial charge on any atom is -0.375 e. The summed E-state index contributed by atoms with van der Waals surface area (Å²) in [5.41, 5.74) is 4.18. The number of nitrogens with one attached hydrogen (secondary N) is 1. The molecule has 7 nitrogen and oxygen atoms in total. The molecule has 3 aromatic rings. The van der Waals surface area contributed by atoms with Crippen molar-refractivity contribution >= 4 is 11.6 Å². The molecule has 1 aromatic carbocycles. The van der Waals surface area contributed by atoms with E-state index in [1.807, 2.05) is 16.6 Å². The van der Waals surface area contributed by atoms with Crippen LogP contribution in [0.2, 0.25) is 0 Å². The minimum absolute atomic E-state index is 0.325. The van der Waals surface area contributed by atoms with Crippen LogP contribution in [0.1, 0.15) is 24.8 Å². The summed E-state index contributed by atoms with van der Waals surface area (Å²) in [6, 6.07) is 15.3. The number of anilines is 1. The molecular formula is C22H25N5O2. The number of rotatable bonds is 6. The molecular weight excluding hydrogens is 366 g/mol. The molecule has 3 aliphatic rings. The minimum atomic E-state index is -0.568. The van der Waals surface area contributed by atoms with Crippen LogP contribution in [0.4, 0.5) is 5.95 Å². The number of aliphatic hydroxyl groups is 1. The first kappa shape index (κ1) is 17.4. The third-order valence-electron chi connectivity index (χ3n) is 6.35. The Bertz CT molecular complexity index is 1030. The first-order valence-electron chi connectivity index (χ1n) is 10.5. The molecule has 2 N–H and O–H groups in total. The van der Waals surface area contributed by atoms with Gasteiger partial charge in [-0.2, -0.15) is 4.98 Å². The Kier molecular flexibility index (Phi) is 4.07. The fourth-order valence-corrected chi connectivity index (χ4v) is 4.54. The average molecular weight is 391 g/mol. The highest BCUT2D eigenvalue weighted by molar-refractivity contribution is 5.64. The molecule has 0 radical (unpaired) electrons. The van der Waals surface area contributed by atoms with E-state index in [1.165, 1.54) is 12.0 Å². The van der Waals surface area contributed by atoms with Gasteiger partial charge in [0.1, 0.15) is 6.23 Å². The van der Waals surface area contributed by atoms with Gasteiger partial charge in [0.15, 0.2) is 5.65 Å². The summed E-state index contributed by atoms with van der Waals surface area (Å²) in [4.78, 5) is 7.05. The van der Waals surface area contributed by atoms with Crippen molar-refractivity contribution in [3.05, 3.63) is 48.0 Å². The zero-order valence-corrected chi connectivity index (χ0v) is 16.2. The van der Waals surface area contributed by atoms with Crippen molar-refractivity contribution in [1.82, 2.24) is 19.5 Å². The first-order valence-corrected chi connectivity index (χ1v) is 10.5.